The van der Waals surface area contributed by atoms with Gasteiger partial charge in [-0.1, -0.05) is 11.6 Å². The summed E-state index contributed by atoms with van der Waals surface area (Å²) < 4.78 is 13.8. The molecule has 13 heavy (non-hydrogen) atoms. The maximum atomic E-state index is 12.9. The summed E-state index contributed by atoms with van der Waals surface area (Å²) in [7, 11) is 0. The molecule has 0 radical (unpaired) electrons. The molecule has 0 saturated carbocycles. The number of hydrogen-bond acceptors (Lipinski definition) is 2. The molecule has 2 rings (SSSR count). The lowest BCUT2D eigenvalue weighted by atomic mass is 10.2. The molecule has 1 nitrogen and oxygen atoms in total. The van der Waals surface area contributed by atoms with Gasteiger partial charge >= 0.3 is 0 Å². The highest BCUT2D eigenvalue weighted by molar-refractivity contribution is 7.20. The molecule has 1 aromatic heterocycles. The van der Waals surface area contributed by atoms with Crippen molar-refractivity contribution in [1.82, 2.24) is 0 Å². The summed E-state index contributed by atoms with van der Waals surface area (Å²) in [4.78, 5) is 11.0. The molecular weight excluding hydrogens is 211 g/mol. The molecule has 4 heteroatoms. The van der Waals surface area contributed by atoms with E-state index in [2.05, 4.69) is 0 Å². The van der Waals surface area contributed by atoms with E-state index in [9.17, 15) is 9.18 Å². The van der Waals surface area contributed by atoms with Crippen LogP contribution in [0.4, 0.5) is 4.39 Å². The zero-order valence-electron chi connectivity index (χ0n) is 6.38. The molecule has 0 atom stereocenters. The minimum atomic E-state index is -0.454. The first-order chi connectivity index (χ1) is 6.22. The second kappa shape index (κ2) is 3.09. The smallest absolute Gasteiger partial charge is 0.160 e. The second-order valence-electron chi connectivity index (χ2n) is 2.54. The number of fused-ring (bicyclic) bond motifs is 1. The van der Waals surface area contributed by atoms with Gasteiger partial charge in [-0.2, -0.15) is 0 Å². The molecule has 0 fully saturated rings. The maximum absolute atomic E-state index is 12.9. The van der Waals surface area contributed by atoms with Gasteiger partial charge in [0.15, 0.2) is 6.29 Å². The maximum Gasteiger partial charge on any atom is 0.160 e. The Morgan fingerprint density at radius 3 is 2.92 bits per heavy atom. The van der Waals surface area contributed by atoms with Crippen molar-refractivity contribution in [3.8, 4) is 0 Å². The van der Waals surface area contributed by atoms with Crippen molar-refractivity contribution >= 4 is 39.3 Å². The number of carbonyl (C=O) groups is 1. The normalized spacial score (nSPS) is 10.6. The molecule has 0 N–H and O–H groups in total. The fourth-order valence-corrected chi connectivity index (χ4v) is 2.29. The number of hydrogen-bond donors (Lipinski definition) is 0. The zero-order valence-corrected chi connectivity index (χ0v) is 7.95. The molecule has 0 bridgehead atoms. The quantitative estimate of drug-likeness (QED) is 0.664. The highest BCUT2D eigenvalue weighted by Gasteiger charge is 2.08. The van der Waals surface area contributed by atoms with Crippen LogP contribution in [0.2, 0.25) is 5.02 Å². The molecule has 0 spiro atoms. The van der Waals surface area contributed by atoms with Gasteiger partial charge in [-0.05, 0) is 18.2 Å². The van der Waals surface area contributed by atoms with Crippen LogP contribution < -0.4 is 0 Å². The third-order valence-corrected chi connectivity index (χ3v) is 3.13. The van der Waals surface area contributed by atoms with Crippen LogP contribution in [0.3, 0.4) is 0 Å². The third kappa shape index (κ3) is 1.34. The molecule has 0 aliphatic heterocycles. The van der Waals surface area contributed by atoms with Crippen molar-refractivity contribution in [3.63, 3.8) is 0 Å². The number of carbonyl (C=O) groups excluding carboxylic acids is 1. The number of aldehydes is 1. The van der Waals surface area contributed by atoms with Crippen molar-refractivity contribution in [1.29, 1.82) is 0 Å². The van der Waals surface area contributed by atoms with E-state index >= 15 is 0 Å². The Bertz CT molecular complexity index is 478. The van der Waals surface area contributed by atoms with Crippen LogP contribution in [0, 0.1) is 5.82 Å². The van der Waals surface area contributed by atoms with E-state index < -0.39 is 5.82 Å². The second-order valence-corrected chi connectivity index (χ2v) is 4.03. The van der Waals surface area contributed by atoms with Gasteiger partial charge in [0.1, 0.15) is 5.82 Å². The van der Waals surface area contributed by atoms with Crippen molar-refractivity contribution < 1.29 is 9.18 Å². The van der Waals surface area contributed by atoms with Crippen LogP contribution in [0.5, 0.6) is 0 Å². The summed E-state index contributed by atoms with van der Waals surface area (Å²) in [6.45, 7) is 0. The standard InChI is InChI=1S/C9H4ClFOS/c10-9-6-3-5(4-12)13-8(6)2-1-7(9)11/h1-4H. The molecule has 0 unspecified atom stereocenters. The summed E-state index contributed by atoms with van der Waals surface area (Å²) in [5.74, 6) is -0.454. The highest BCUT2D eigenvalue weighted by atomic mass is 35.5. The lowest BCUT2D eigenvalue weighted by Gasteiger charge is -1.93. The first-order valence-electron chi connectivity index (χ1n) is 3.55. The average molecular weight is 215 g/mol. The lowest BCUT2D eigenvalue weighted by molar-refractivity contribution is 0.112. The van der Waals surface area contributed by atoms with E-state index in [0.717, 1.165) is 11.0 Å². The van der Waals surface area contributed by atoms with Crippen molar-refractivity contribution in [3.05, 3.63) is 33.9 Å². The number of benzene rings is 1. The van der Waals surface area contributed by atoms with Gasteiger partial charge in [-0.25, -0.2) is 4.39 Å². The summed E-state index contributed by atoms with van der Waals surface area (Å²) >= 11 is 7.01. The molecule has 2 aromatic rings. The number of halogens is 2. The van der Waals surface area contributed by atoms with Gasteiger partial charge in [0.05, 0.1) is 9.90 Å². The predicted molar refractivity (Wildman–Crippen MR) is 52.2 cm³/mol. The van der Waals surface area contributed by atoms with Crippen LogP contribution in [0.25, 0.3) is 10.1 Å². The van der Waals surface area contributed by atoms with Crippen LogP contribution in [0.1, 0.15) is 9.67 Å². The van der Waals surface area contributed by atoms with Gasteiger partial charge in [0.25, 0.3) is 0 Å². The van der Waals surface area contributed by atoms with Gasteiger partial charge in [-0.15, -0.1) is 11.3 Å². The molecule has 0 saturated heterocycles. The Kier molecular flexibility index (Phi) is 2.06. The fourth-order valence-electron chi connectivity index (χ4n) is 1.13. The van der Waals surface area contributed by atoms with Gasteiger partial charge in [0.2, 0.25) is 0 Å². The van der Waals surface area contributed by atoms with E-state index in [1.54, 1.807) is 12.1 Å². The molecule has 66 valence electrons. The van der Waals surface area contributed by atoms with Crippen LogP contribution in [-0.4, -0.2) is 6.29 Å². The molecule has 1 heterocycles. The molecule has 0 aliphatic rings. The van der Waals surface area contributed by atoms with Gasteiger partial charge in [-0.3, -0.25) is 4.79 Å². The largest absolute Gasteiger partial charge is 0.297 e. The Labute approximate surface area is 82.7 Å². The fraction of sp³-hybridized carbons (Fsp3) is 0. The monoisotopic (exact) mass is 214 g/mol. The van der Waals surface area contributed by atoms with E-state index in [1.807, 2.05) is 0 Å². The Morgan fingerprint density at radius 2 is 2.23 bits per heavy atom. The number of thiophene rings is 1. The zero-order chi connectivity index (χ0) is 9.42. The third-order valence-electron chi connectivity index (χ3n) is 1.72. The summed E-state index contributed by atoms with van der Waals surface area (Å²) in [5.41, 5.74) is 0. The average Bonchev–Trinajstić information content (AvgIpc) is 2.55. The van der Waals surface area contributed by atoms with Crippen LogP contribution in [-0.2, 0) is 0 Å². The highest BCUT2D eigenvalue weighted by Crippen LogP contribution is 2.32. The van der Waals surface area contributed by atoms with E-state index in [1.165, 1.54) is 17.4 Å². The van der Waals surface area contributed by atoms with Crippen molar-refractivity contribution in [2.24, 2.45) is 0 Å². The number of rotatable bonds is 1. The topological polar surface area (TPSA) is 17.1 Å². The SMILES string of the molecule is O=Cc1cc2c(Cl)c(F)ccc2s1. The van der Waals surface area contributed by atoms with E-state index in [-0.39, 0.29) is 5.02 Å². The molecule has 0 amide bonds. The Morgan fingerprint density at radius 1 is 1.46 bits per heavy atom. The van der Waals surface area contributed by atoms with Gasteiger partial charge in [0, 0.05) is 10.1 Å². The predicted octanol–water partition coefficient (Wildman–Crippen LogP) is 3.51. The first kappa shape index (κ1) is 8.66. The Balaban J connectivity index is 2.83. The lowest BCUT2D eigenvalue weighted by Crippen LogP contribution is -1.74. The summed E-state index contributed by atoms with van der Waals surface area (Å²) in [6.07, 6.45) is 0.735. The summed E-state index contributed by atoms with van der Waals surface area (Å²) in [5, 5.41) is 0.690. The van der Waals surface area contributed by atoms with Crippen molar-refractivity contribution in [2.45, 2.75) is 0 Å². The minimum Gasteiger partial charge on any atom is -0.297 e. The van der Waals surface area contributed by atoms with E-state index in [4.69, 9.17) is 11.6 Å². The van der Waals surface area contributed by atoms with E-state index in [0.29, 0.717) is 10.3 Å². The molecule has 1 aromatic carbocycles. The van der Waals surface area contributed by atoms with Crippen LogP contribution >= 0.6 is 22.9 Å². The minimum absolute atomic E-state index is 0.0850. The molecular formula is C9H4ClFOS. The first-order valence-corrected chi connectivity index (χ1v) is 4.74. The molecule has 0 aliphatic carbocycles. The van der Waals surface area contributed by atoms with Crippen molar-refractivity contribution in [2.75, 3.05) is 0 Å². The summed E-state index contributed by atoms with van der Waals surface area (Å²) in [6, 6.07) is 4.52. The van der Waals surface area contributed by atoms with Crippen LogP contribution in [0.15, 0.2) is 18.2 Å². The Hall–Kier alpha value is -0.930. The van der Waals surface area contributed by atoms with Gasteiger partial charge < -0.3 is 0 Å².